The van der Waals surface area contributed by atoms with Gasteiger partial charge in [-0.3, -0.25) is 9.52 Å². The summed E-state index contributed by atoms with van der Waals surface area (Å²) in [5, 5.41) is 9.45. The van der Waals surface area contributed by atoms with E-state index in [2.05, 4.69) is 9.71 Å². The van der Waals surface area contributed by atoms with Gasteiger partial charge in [-0.25, -0.2) is 9.78 Å². The molecule has 9 nitrogen and oxygen atoms in total. The predicted molar refractivity (Wildman–Crippen MR) is 153 cm³/mol. The van der Waals surface area contributed by atoms with Crippen LogP contribution in [0.4, 0.5) is 11.4 Å². The Morgan fingerprint density at radius 2 is 1.85 bits per heavy atom. The third kappa shape index (κ3) is 6.44. The number of pyridine rings is 1. The minimum atomic E-state index is -3.92. The van der Waals surface area contributed by atoms with Gasteiger partial charge in [0.25, 0.3) is 10.0 Å². The lowest BCUT2D eigenvalue weighted by Gasteiger charge is -2.44. The number of nitrogens with one attached hydrogen (secondary N) is 1. The molecule has 1 saturated heterocycles. The first kappa shape index (κ1) is 29.1. The van der Waals surface area contributed by atoms with Crippen molar-refractivity contribution in [3.63, 3.8) is 0 Å². The fraction of sp³-hybridized carbons (Fsp3) is 0.367. The predicted octanol–water partition coefficient (Wildman–Crippen LogP) is 4.72. The highest BCUT2D eigenvalue weighted by Crippen LogP contribution is 2.38. The summed E-state index contributed by atoms with van der Waals surface area (Å²) in [6.45, 7) is 6.22. The van der Waals surface area contributed by atoms with Crippen molar-refractivity contribution >= 4 is 33.2 Å². The van der Waals surface area contributed by atoms with E-state index in [1.165, 1.54) is 12.3 Å². The van der Waals surface area contributed by atoms with Gasteiger partial charge in [-0.15, -0.1) is 0 Å². The first-order chi connectivity index (χ1) is 19.0. The number of Topliss-reactive ketones (excluding diaryl/α,β-unsaturated/α-hetero) is 1. The number of phenols is 1. The van der Waals surface area contributed by atoms with Crippen LogP contribution in [-0.2, 0) is 30.8 Å². The highest BCUT2D eigenvalue weighted by Gasteiger charge is 2.50. The molecule has 1 aliphatic rings. The van der Waals surface area contributed by atoms with Gasteiger partial charge in [0.05, 0.1) is 5.69 Å². The summed E-state index contributed by atoms with van der Waals surface area (Å²) >= 11 is 0. The van der Waals surface area contributed by atoms with E-state index in [0.29, 0.717) is 31.5 Å². The van der Waals surface area contributed by atoms with Crippen LogP contribution in [0.5, 0.6) is 5.75 Å². The van der Waals surface area contributed by atoms with Crippen LogP contribution in [0.15, 0.2) is 78.0 Å². The van der Waals surface area contributed by atoms with E-state index in [1.807, 2.05) is 32.9 Å². The molecule has 2 aromatic carbocycles. The monoisotopic (exact) mass is 565 g/mol. The Balaban J connectivity index is 1.56. The minimum Gasteiger partial charge on any atom is -0.508 e. The van der Waals surface area contributed by atoms with Crippen LogP contribution in [0.3, 0.4) is 0 Å². The maximum absolute atomic E-state index is 13.7. The van der Waals surface area contributed by atoms with Crippen LogP contribution in [0, 0.1) is 5.92 Å². The number of nitrogens with zero attached hydrogens (tertiary/aromatic N) is 2. The van der Waals surface area contributed by atoms with E-state index in [4.69, 9.17) is 4.74 Å². The number of esters is 1. The van der Waals surface area contributed by atoms with Crippen molar-refractivity contribution in [3.8, 4) is 5.75 Å². The molecule has 2 heterocycles. The first-order valence-corrected chi connectivity index (χ1v) is 14.9. The van der Waals surface area contributed by atoms with Crippen molar-refractivity contribution in [2.45, 2.75) is 63.1 Å². The number of aryl methyl sites for hydroxylation is 1. The minimum absolute atomic E-state index is 0.0748. The molecule has 0 spiro atoms. The van der Waals surface area contributed by atoms with E-state index >= 15 is 0 Å². The van der Waals surface area contributed by atoms with E-state index in [1.54, 1.807) is 53.4 Å². The average molecular weight is 566 g/mol. The Bertz CT molecular complexity index is 1420. The first-order valence-electron chi connectivity index (χ1n) is 13.4. The number of ketones is 1. The Kier molecular flexibility index (Phi) is 8.78. The van der Waals surface area contributed by atoms with Gasteiger partial charge in [-0.1, -0.05) is 45.0 Å². The summed E-state index contributed by atoms with van der Waals surface area (Å²) in [4.78, 5) is 32.8. The molecule has 1 fully saturated rings. The summed E-state index contributed by atoms with van der Waals surface area (Å²) in [5.41, 5.74) is 0.840. The number of benzene rings is 2. The zero-order valence-corrected chi connectivity index (χ0v) is 23.7. The lowest BCUT2D eigenvalue weighted by molar-refractivity contribution is -0.179. The van der Waals surface area contributed by atoms with Gasteiger partial charge in [0, 0.05) is 24.8 Å². The molecule has 2 N–H and O–H groups in total. The molecule has 0 saturated carbocycles. The number of rotatable bonds is 11. The van der Waals surface area contributed by atoms with Crippen molar-refractivity contribution in [2.75, 3.05) is 16.2 Å². The van der Waals surface area contributed by atoms with E-state index < -0.39 is 27.6 Å². The maximum atomic E-state index is 13.7. The molecule has 40 heavy (non-hydrogen) atoms. The molecule has 2 atom stereocenters. The Hall–Kier alpha value is -3.92. The number of cyclic esters (lactones) is 1. The highest BCUT2D eigenvalue weighted by atomic mass is 32.2. The Morgan fingerprint density at radius 3 is 2.48 bits per heavy atom. The number of carbonyl (C=O) groups is 2. The number of ether oxygens (including phenoxy) is 1. The molecule has 0 aliphatic carbocycles. The second-order valence-electron chi connectivity index (χ2n) is 10.4. The van der Waals surface area contributed by atoms with Crippen molar-refractivity contribution in [1.82, 2.24) is 4.98 Å². The quantitative estimate of drug-likeness (QED) is 0.253. The largest absolute Gasteiger partial charge is 0.508 e. The molecule has 4 rings (SSSR count). The molecular formula is C30H35N3O6S. The smallest absolute Gasteiger partial charge is 0.337 e. The number of sulfonamides is 1. The number of carbonyl (C=O) groups excluding carboxylic acids is 2. The zero-order chi connectivity index (χ0) is 28.9. The average Bonchev–Trinajstić information content (AvgIpc) is 2.92. The van der Waals surface area contributed by atoms with Gasteiger partial charge in [-0.05, 0) is 73.2 Å². The van der Waals surface area contributed by atoms with Gasteiger partial charge in [0.15, 0.2) is 16.9 Å². The molecule has 1 aliphatic heterocycles. The van der Waals surface area contributed by atoms with E-state index in [-0.39, 0.29) is 34.6 Å². The van der Waals surface area contributed by atoms with Gasteiger partial charge in [0.2, 0.25) is 0 Å². The van der Waals surface area contributed by atoms with E-state index in [9.17, 15) is 23.1 Å². The van der Waals surface area contributed by atoms with Crippen molar-refractivity contribution in [1.29, 1.82) is 0 Å². The SMILES string of the molecule is CCCN(c1cccc(NS(=O)(=O)c2ccccn2)c1)C1C(=O)CC(CCc2ccc(O)cc2)(C(C)C)OC1=O. The molecule has 3 aromatic rings. The van der Waals surface area contributed by atoms with Crippen molar-refractivity contribution in [3.05, 3.63) is 78.5 Å². The normalized spacial score (nSPS) is 19.4. The molecule has 0 bridgehead atoms. The van der Waals surface area contributed by atoms with Crippen molar-refractivity contribution in [2.24, 2.45) is 5.92 Å². The molecular weight excluding hydrogens is 530 g/mol. The summed E-state index contributed by atoms with van der Waals surface area (Å²) in [5.74, 6) is -0.761. The van der Waals surface area contributed by atoms with Crippen LogP contribution in [0.25, 0.3) is 0 Å². The second kappa shape index (κ2) is 12.1. The fourth-order valence-electron chi connectivity index (χ4n) is 4.99. The molecule has 2 unspecified atom stereocenters. The third-order valence-corrected chi connectivity index (χ3v) is 8.55. The van der Waals surface area contributed by atoms with Crippen molar-refractivity contribution < 1.29 is 27.9 Å². The molecule has 0 radical (unpaired) electrons. The fourth-order valence-corrected chi connectivity index (χ4v) is 5.99. The number of hydrogen-bond acceptors (Lipinski definition) is 8. The van der Waals surface area contributed by atoms with Crippen LogP contribution >= 0.6 is 0 Å². The van der Waals surface area contributed by atoms with Gasteiger partial charge in [-0.2, -0.15) is 8.42 Å². The number of hydrogen-bond donors (Lipinski definition) is 2. The van der Waals surface area contributed by atoms with Gasteiger partial charge >= 0.3 is 5.97 Å². The molecule has 1 aromatic heterocycles. The summed E-state index contributed by atoms with van der Waals surface area (Å²) in [6, 6.07) is 16.9. The lowest BCUT2D eigenvalue weighted by Crippen LogP contribution is -2.59. The van der Waals surface area contributed by atoms with Crippen LogP contribution in [0.2, 0.25) is 0 Å². The number of anilines is 2. The highest BCUT2D eigenvalue weighted by molar-refractivity contribution is 7.92. The Labute approximate surface area is 235 Å². The molecule has 0 amide bonds. The summed E-state index contributed by atoms with van der Waals surface area (Å²) in [6.07, 6.45) is 3.18. The number of phenolic OH excluding ortho intramolecular Hbond substituents is 1. The molecule has 212 valence electrons. The standard InChI is InChI=1S/C30H35N3O6S/c1-4-18-33(24-9-7-8-23(19-24)32-40(37,38)27-10-5-6-17-31-27)28-26(35)20-30(21(2)3,39-29(28)36)16-15-22-11-13-25(34)14-12-22/h5-14,17,19,21,28,32,34H,4,15-16,18,20H2,1-3H3. The lowest BCUT2D eigenvalue weighted by atomic mass is 9.77. The summed E-state index contributed by atoms with van der Waals surface area (Å²) < 4.78 is 34.2. The van der Waals surface area contributed by atoms with E-state index in [0.717, 1.165) is 5.56 Å². The summed E-state index contributed by atoms with van der Waals surface area (Å²) in [7, 11) is -3.92. The van der Waals surface area contributed by atoms with Gasteiger partial charge in [0.1, 0.15) is 11.4 Å². The Morgan fingerprint density at radius 1 is 1.10 bits per heavy atom. The number of aromatic hydroxyl groups is 1. The third-order valence-electron chi connectivity index (χ3n) is 7.25. The maximum Gasteiger partial charge on any atom is 0.337 e. The van der Waals surface area contributed by atoms with Crippen LogP contribution in [0.1, 0.15) is 45.6 Å². The molecule has 10 heteroatoms. The van der Waals surface area contributed by atoms with Gasteiger partial charge < -0.3 is 14.7 Å². The second-order valence-corrected chi connectivity index (χ2v) is 12.0. The van der Waals surface area contributed by atoms with Crippen LogP contribution < -0.4 is 9.62 Å². The van der Waals surface area contributed by atoms with Crippen LogP contribution in [-0.4, -0.2) is 48.4 Å². The number of aromatic nitrogens is 1. The zero-order valence-electron chi connectivity index (χ0n) is 22.9. The topological polar surface area (TPSA) is 126 Å².